The topological polar surface area (TPSA) is 42.2 Å². The molecule has 4 nitrogen and oxygen atoms in total. The molecule has 0 saturated carbocycles. The lowest BCUT2D eigenvalue weighted by Gasteiger charge is -2.26. The highest BCUT2D eigenvalue weighted by molar-refractivity contribution is 6.19. The van der Waals surface area contributed by atoms with Gasteiger partial charge in [-0.15, -0.1) is 0 Å². The van der Waals surface area contributed by atoms with Crippen LogP contribution in [-0.2, 0) is 0 Å². The highest BCUT2D eigenvalue weighted by Crippen LogP contribution is 2.42. The average molecular weight is 792 g/mol. The summed E-state index contributed by atoms with van der Waals surface area (Å²) in [7, 11) is 0. The van der Waals surface area contributed by atoms with Gasteiger partial charge in [-0.3, -0.25) is 0 Å². The molecular formula is C58H37N3O. The van der Waals surface area contributed by atoms with Crippen molar-refractivity contribution in [2.45, 2.75) is 0 Å². The van der Waals surface area contributed by atoms with E-state index in [1.807, 2.05) is 24.3 Å². The SMILES string of the molecule is c1ccc(-c2cccc(N(c3ccc(-c4ccc5c(ccc6ccc7nc(-c8ccccc8)c(-c8ccccc8)nc7c65)c4)cc3)c3ccc4oc5ccccc5c4c3)c2)cc1. The Bertz CT molecular complexity index is 3620. The van der Waals surface area contributed by atoms with Gasteiger partial charge in [0, 0.05) is 44.3 Å². The number of hydrogen-bond acceptors (Lipinski definition) is 4. The molecule has 12 aromatic rings. The maximum absolute atomic E-state index is 6.24. The first kappa shape index (κ1) is 35.6. The molecule has 0 aliphatic heterocycles. The predicted octanol–water partition coefficient (Wildman–Crippen LogP) is 16.0. The molecular weight excluding hydrogens is 755 g/mol. The maximum atomic E-state index is 6.24. The summed E-state index contributed by atoms with van der Waals surface area (Å²) in [5.74, 6) is 0. The van der Waals surface area contributed by atoms with Crippen molar-refractivity contribution < 1.29 is 4.42 Å². The first-order valence-electron chi connectivity index (χ1n) is 21.0. The highest BCUT2D eigenvalue weighted by atomic mass is 16.3. The number of aromatic nitrogens is 2. The van der Waals surface area contributed by atoms with Crippen molar-refractivity contribution in [1.82, 2.24) is 9.97 Å². The zero-order valence-electron chi connectivity index (χ0n) is 33.6. The van der Waals surface area contributed by atoms with Crippen LogP contribution in [0.3, 0.4) is 0 Å². The zero-order chi connectivity index (χ0) is 41.0. The van der Waals surface area contributed by atoms with Gasteiger partial charge in [-0.25, -0.2) is 9.97 Å². The van der Waals surface area contributed by atoms with Crippen LogP contribution in [0.4, 0.5) is 17.1 Å². The predicted molar refractivity (Wildman–Crippen MR) is 258 cm³/mol. The minimum Gasteiger partial charge on any atom is -0.456 e. The van der Waals surface area contributed by atoms with Crippen molar-refractivity contribution >= 4 is 71.6 Å². The summed E-state index contributed by atoms with van der Waals surface area (Å²) >= 11 is 0. The molecule has 12 rings (SSSR count). The second-order valence-corrected chi connectivity index (χ2v) is 15.8. The molecule has 0 radical (unpaired) electrons. The Morgan fingerprint density at radius 2 is 0.887 bits per heavy atom. The summed E-state index contributed by atoms with van der Waals surface area (Å²) in [5.41, 5.74) is 15.2. The largest absolute Gasteiger partial charge is 0.456 e. The summed E-state index contributed by atoms with van der Waals surface area (Å²) in [6.45, 7) is 0. The number of para-hydroxylation sites is 1. The van der Waals surface area contributed by atoms with Crippen molar-refractivity contribution in [3.63, 3.8) is 0 Å². The van der Waals surface area contributed by atoms with Crippen molar-refractivity contribution in [3.8, 4) is 44.8 Å². The van der Waals surface area contributed by atoms with Crippen LogP contribution in [-0.4, -0.2) is 9.97 Å². The molecule has 62 heavy (non-hydrogen) atoms. The quantitative estimate of drug-likeness (QED) is 0.151. The van der Waals surface area contributed by atoms with Gasteiger partial charge in [0.15, 0.2) is 0 Å². The second kappa shape index (κ2) is 14.7. The van der Waals surface area contributed by atoms with Gasteiger partial charge in [-0.2, -0.15) is 0 Å². The Hall–Kier alpha value is -8.34. The minimum absolute atomic E-state index is 0.876. The van der Waals surface area contributed by atoms with Crippen LogP contribution in [0, 0.1) is 0 Å². The van der Waals surface area contributed by atoms with E-state index < -0.39 is 0 Å². The van der Waals surface area contributed by atoms with E-state index in [0.29, 0.717) is 0 Å². The molecule has 10 aromatic carbocycles. The van der Waals surface area contributed by atoms with E-state index in [1.54, 1.807) is 0 Å². The van der Waals surface area contributed by atoms with Gasteiger partial charge in [-0.1, -0.05) is 164 Å². The molecule has 0 unspecified atom stereocenters. The smallest absolute Gasteiger partial charge is 0.135 e. The number of rotatable bonds is 7. The fourth-order valence-corrected chi connectivity index (χ4v) is 9.00. The van der Waals surface area contributed by atoms with E-state index in [4.69, 9.17) is 14.4 Å². The first-order chi connectivity index (χ1) is 30.7. The van der Waals surface area contributed by atoms with Crippen LogP contribution < -0.4 is 4.90 Å². The van der Waals surface area contributed by atoms with Crippen molar-refractivity contribution in [2.24, 2.45) is 0 Å². The fraction of sp³-hybridized carbons (Fsp3) is 0. The van der Waals surface area contributed by atoms with Crippen molar-refractivity contribution in [1.29, 1.82) is 0 Å². The summed E-state index contributed by atoms with van der Waals surface area (Å²) in [5, 5.41) is 6.76. The van der Waals surface area contributed by atoms with E-state index in [0.717, 1.165) is 111 Å². The van der Waals surface area contributed by atoms with E-state index in [9.17, 15) is 0 Å². The molecule has 0 bridgehead atoms. The summed E-state index contributed by atoms with van der Waals surface area (Å²) < 4.78 is 6.24. The van der Waals surface area contributed by atoms with Crippen LogP contribution in [0.5, 0.6) is 0 Å². The lowest BCUT2D eigenvalue weighted by molar-refractivity contribution is 0.669. The molecule has 0 aliphatic carbocycles. The summed E-state index contributed by atoms with van der Waals surface area (Å²) in [4.78, 5) is 13.1. The Kier molecular flexibility index (Phi) is 8.46. The van der Waals surface area contributed by atoms with Gasteiger partial charge < -0.3 is 9.32 Å². The maximum Gasteiger partial charge on any atom is 0.135 e. The van der Waals surface area contributed by atoms with Crippen molar-refractivity contribution in [2.75, 3.05) is 4.90 Å². The number of nitrogens with zero attached hydrogens (tertiary/aromatic N) is 3. The van der Waals surface area contributed by atoms with Gasteiger partial charge in [0.1, 0.15) is 11.2 Å². The van der Waals surface area contributed by atoms with Gasteiger partial charge in [0.05, 0.1) is 22.4 Å². The lowest BCUT2D eigenvalue weighted by Crippen LogP contribution is -2.10. The third-order valence-corrected chi connectivity index (χ3v) is 12.0. The number of benzene rings is 10. The Morgan fingerprint density at radius 1 is 0.323 bits per heavy atom. The minimum atomic E-state index is 0.876. The second-order valence-electron chi connectivity index (χ2n) is 15.8. The molecule has 0 atom stereocenters. The molecule has 0 N–H and O–H groups in total. The Balaban J connectivity index is 0.962. The van der Waals surface area contributed by atoms with Crippen LogP contribution >= 0.6 is 0 Å². The van der Waals surface area contributed by atoms with Crippen LogP contribution in [0.1, 0.15) is 0 Å². The van der Waals surface area contributed by atoms with Gasteiger partial charge >= 0.3 is 0 Å². The third-order valence-electron chi connectivity index (χ3n) is 12.0. The molecule has 0 spiro atoms. The fourth-order valence-electron chi connectivity index (χ4n) is 9.00. The zero-order valence-corrected chi connectivity index (χ0v) is 33.6. The van der Waals surface area contributed by atoms with Crippen LogP contribution in [0.15, 0.2) is 229 Å². The Morgan fingerprint density at radius 3 is 1.66 bits per heavy atom. The highest BCUT2D eigenvalue weighted by Gasteiger charge is 2.19. The monoisotopic (exact) mass is 791 g/mol. The third kappa shape index (κ3) is 6.16. The number of anilines is 3. The molecule has 290 valence electrons. The molecule has 0 amide bonds. The molecule has 4 heteroatoms. The lowest BCUT2D eigenvalue weighted by atomic mass is 9.96. The van der Waals surface area contributed by atoms with Gasteiger partial charge in [0.2, 0.25) is 0 Å². The van der Waals surface area contributed by atoms with Gasteiger partial charge in [0.25, 0.3) is 0 Å². The van der Waals surface area contributed by atoms with E-state index in [-0.39, 0.29) is 0 Å². The molecule has 2 aromatic heterocycles. The van der Waals surface area contributed by atoms with Crippen molar-refractivity contribution in [3.05, 3.63) is 224 Å². The van der Waals surface area contributed by atoms with E-state index in [1.165, 1.54) is 5.56 Å². The number of hydrogen-bond donors (Lipinski definition) is 0. The van der Waals surface area contributed by atoms with E-state index in [2.05, 4.69) is 205 Å². The normalized spacial score (nSPS) is 11.5. The number of furan rings is 1. The first-order valence-corrected chi connectivity index (χ1v) is 21.0. The van der Waals surface area contributed by atoms with Crippen LogP contribution in [0.2, 0.25) is 0 Å². The average Bonchev–Trinajstić information content (AvgIpc) is 3.72. The molecule has 2 heterocycles. The standard InChI is InChI=1S/C58H37N3O/c1-4-13-38(14-5-1)43-19-12-20-47(36-43)61(48-31-34-54-51(37-48)50-21-10-11-22-53(50)62-54)46-29-25-39(26-30-46)44-27-32-49-45(35-44)24-23-40-28-33-52-58(55(40)49)60-57(42-17-8-3-9-18-42)56(59-52)41-15-6-2-7-16-41/h1-37H. The van der Waals surface area contributed by atoms with Gasteiger partial charge in [-0.05, 0) is 99.1 Å². The molecule has 0 aliphatic rings. The summed E-state index contributed by atoms with van der Waals surface area (Å²) in [6, 6.07) is 79.2. The van der Waals surface area contributed by atoms with Crippen LogP contribution in [0.25, 0.3) is 99.3 Å². The van der Waals surface area contributed by atoms with E-state index >= 15 is 0 Å². The summed E-state index contributed by atoms with van der Waals surface area (Å²) in [6.07, 6.45) is 0. The molecule has 0 saturated heterocycles. The number of fused-ring (bicyclic) bond motifs is 8. The Labute approximate surface area is 358 Å². The molecule has 0 fully saturated rings.